The number of methoxy groups -OCH3 is 1. The lowest BCUT2D eigenvalue weighted by atomic mass is 10.2. The van der Waals surface area contributed by atoms with E-state index < -0.39 is 18.4 Å². The van der Waals surface area contributed by atoms with Crippen molar-refractivity contribution in [2.75, 3.05) is 25.7 Å². The van der Waals surface area contributed by atoms with Gasteiger partial charge in [0.1, 0.15) is 22.4 Å². The van der Waals surface area contributed by atoms with E-state index in [1.807, 2.05) is 30.3 Å². The Morgan fingerprint density at radius 2 is 2.00 bits per heavy atom. The second-order valence-electron chi connectivity index (χ2n) is 6.06. The predicted molar refractivity (Wildman–Crippen MR) is 111 cm³/mol. The van der Waals surface area contributed by atoms with Crippen LogP contribution in [0.2, 0.25) is 0 Å². The summed E-state index contributed by atoms with van der Waals surface area (Å²) < 4.78 is 10.1. The molecule has 6 nitrogen and oxygen atoms in total. The van der Waals surface area contributed by atoms with E-state index in [4.69, 9.17) is 9.47 Å². The maximum absolute atomic E-state index is 12.5. The van der Waals surface area contributed by atoms with E-state index in [1.54, 1.807) is 49.4 Å². The highest BCUT2D eigenvalue weighted by molar-refractivity contribution is 8.03. The average molecular weight is 406 g/mol. The van der Waals surface area contributed by atoms with Gasteiger partial charge in [0, 0.05) is 18.0 Å². The van der Waals surface area contributed by atoms with Gasteiger partial charge in [-0.1, -0.05) is 36.0 Å². The van der Waals surface area contributed by atoms with Crippen molar-refractivity contribution in [3.63, 3.8) is 0 Å². The van der Waals surface area contributed by atoms with E-state index in [1.165, 1.54) is 17.8 Å². The summed E-state index contributed by atoms with van der Waals surface area (Å²) in [6.45, 7) is -0.502. The summed E-state index contributed by atoms with van der Waals surface area (Å²) >= 11 is 1.35. The van der Waals surface area contributed by atoms with Crippen LogP contribution in [-0.4, -0.2) is 32.5 Å². The molecule has 2 aromatic rings. The van der Waals surface area contributed by atoms with Gasteiger partial charge in [0.2, 0.25) is 5.78 Å². The molecule has 0 N–H and O–H groups in total. The van der Waals surface area contributed by atoms with Crippen LogP contribution in [0.4, 0.5) is 5.69 Å². The molecular formula is C22H18N2O4S. The first-order chi connectivity index (χ1) is 14.0. The zero-order valence-electron chi connectivity index (χ0n) is 15.9. The normalized spacial score (nSPS) is 14.3. The summed E-state index contributed by atoms with van der Waals surface area (Å²) in [6.07, 6.45) is 2.80. The number of hydrogen-bond donors (Lipinski definition) is 0. The third-order valence-electron chi connectivity index (χ3n) is 4.19. The zero-order valence-corrected chi connectivity index (χ0v) is 16.7. The molecule has 0 fully saturated rings. The molecule has 0 saturated heterocycles. The van der Waals surface area contributed by atoms with Gasteiger partial charge >= 0.3 is 5.97 Å². The van der Waals surface area contributed by atoms with Crippen LogP contribution in [0.15, 0.2) is 70.1 Å². The minimum atomic E-state index is -0.667. The summed E-state index contributed by atoms with van der Waals surface area (Å²) in [6, 6.07) is 16.7. The maximum atomic E-state index is 12.5. The SMILES string of the molecule is COc1cccc(/C=C/C(=O)OCC(=O)/C(C#N)=C2\Sc3ccccc3N2C)c1. The van der Waals surface area contributed by atoms with Crippen molar-refractivity contribution in [3.8, 4) is 11.8 Å². The highest BCUT2D eigenvalue weighted by atomic mass is 32.2. The molecule has 0 atom stereocenters. The Morgan fingerprint density at radius 1 is 1.21 bits per heavy atom. The first-order valence-electron chi connectivity index (χ1n) is 8.70. The quantitative estimate of drug-likeness (QED) is 0.410. The lowest BCUT2D eigenvalue weighted by Gasteiger charge is -2.14. The van der Waals surface area contributed by atoms with Crippen LogP contribution in [0, 0.1) is 11.3 Å². The number of fused-ring (bicyclic) bond motifs is 1. The number of rotatable bonds is 6. The zero-order chi connectivity index (χ0) is 20.8. The molecule has 0 radical (unpaired) electrons. The van der Waals surface area contributed by atoms with Gasteiger partial charge in [-0.2, -0.15) is 5.26 Å². The molecule has 29 heavy (non-hydrogen) atoms. The number of hydrogen-bond acceptors (Lipinski definition) is 7. The van der Waals surface area contributed by atoms with Crippen LogP contribution in [0.1, 0.15) is 5.56 Å². The summed E-state index contributed by atoms with van der Waals surface area (Å²) in [5.74, 6) is -0.544. The van der Waals surface area contributed by atoms with Crippen molar-refractivity contribution in [1.82, 2.24) is 0 Å². The smallest absolute Gasteiger partial charge is 0.331 e. The Labute approximate surface area is 173 Å². The standard InChI is InChI=1S/C22H18N2O4S/c1-24-18-8-3-4-9-20(18)29-22(24)17(13-23)19(25)14-28-21(26)11-10-15-6-5-7-16(12-15)27-2/h3-12H,14H2,1-2H3/b11-10+,22-17-. The van der Waals surface area contributed by atoms with Gasteiger partial charge in [-0.15, -0.1) is 0 Å². The van der Waals surface area contributed by atoms with E-state index in [0.717, 1.165) is 16.1 Å². The number of carbonyl (C=O) groups excluding carboxylic acids is 2. The van der Waals surface area contributed by atoms with Crippen LogP contribution in [0.5, 0.6) is 5.75 Å². The van der Waals surface area contributed by atoms with Gasteiger partial charge < -0.3 is 14.4 Å². The molecule has 0 saturated carbocycles. The second kappa shape index (κ2) is 9.13. The number of Topliss-reactive ketones (excluding diaryl/α,β-unsaturated/α-hetero) is 1. The Kier molecular flexibility index (Phi) is 6.37. The maximum Gasteiger partial charge on any atom is 0.331 e. The van der Waals surface area contributed by atoms with E-state index >= 15 is 0 Å². The fraction of sp³-hybridized carbons (Fsp3) is 0.136. The summed E-state index contributed by atoms with van der Waals surface area (Å²) in [4.78, 5) is 27.2. The van der Waals surface area contributed by atoms with Gasteiger partial charge in [0.25, 0.3) is 0 Å². The van der Waals surface area contributed by atoms with Crippen molar-refractivity contribution in [2.24, 2.45) is 0 Å². The van der Waals surface area contributed by atoms with Crippen LogP contribution >= 0.6 is 11.8 Å². The highest BCUT2D eigenvalue weighted by Crippen LogP contribution is 2.46. The minimum absolute atomic E-state index is 0.0294. The molecule has 3 rings (SSSR count). The van der Waals surface area contributed by atoms with Crippen molar-refractivity contribution in [3.05, 3.63) is 70.8 Å². The van der Waals surface area contributed by atoms with E-state index in [2.05, 4.69) is 0 Å². The van der Waals surface area contributed by atoms with E-state index in [9.17, 15) is 14.9 Å². The number of ketones is 1. The average Bonchev–Trinajstić information content (AvgIpc) is 3.08. The molecule has 0 aliphatic carbocycles. The summed E-state index contributed by atoms with van der Waals surface area (Å²) in [5.41, 5.74) is 1.65. The fourth-order valence-electron chi connectivity index (χ4n) is 2.72. The van der Waals surface area contributed by atoms with Crippen LogP contribution in [0.3, 0.4) is 0 Å². The molecule has 146 valence electrons. The predicted octanol–water partition coefficient (Wildman–Crippen LogP) is 3.80. The molecule has 0 unspecified atom stereocenters. The number of benzene rings is 2. The Morgan fingerprint density at radius 3 is 2.72 bits per heavy atom. The molecule has 1 aliphatic rings. The van der Waals surface area contributed by atoms with Crippen LogP contribution < -0.4 is 9.64 Å². The van der Waals surface area contributed by atoms with E-state index in [-0.39, 0.29) is 5.57 Å². The first-order valence-corrected chi connectivity index (χ1v) is 9.52. The first kappa shape index (κ1) is 20.2. The largest absolute Gasteiger partial charge is 0.497 e. The number of ether oxygens (including phenoxy) is 2. The Balaban J connectivity index is 1.64. The molecule has 0 bridgehead atoms. The number of anilines is 1. The number of thioether (sulfide) groups is 1. The number of para-hydroxylation sites is 1. The molecular weight excluding hydrogens is 388 g/mol. The molecule has 0 aromatic heterocycles. The minimum Gasteiger partial charge on any atom is -0.497 e. The van der Waals surface area contributed by atoms with Crippen molar-refractivity contribution >= 4 is 35.3 Å². The third kappa shape index (κ3) is 4.68. The summed E-state index contributed by atoms with van der Waals surface area (Å²) in [5, 5.41) is 10.0. The number of nitriles is 1. The fourth-order valence-corrected chi connectivity index (χ4v) is 3.88. The third-order valence-corrected chi connectivity index (χ3v) is 5.43. The highest BCUT2D eigenvalue weighted by Gasteiger charge is 2.28. The van der Waals surface area contributed by atoms with Gasteiger partial charge in [0.15, 0.2) is 6.61 Å². The van der Waals surface area contributed by atoms with E-state index in [0.29, 0.717) is 10.8 Å². The number of nitrogens with zero attached hydrogens (tertiary/aromatic N) is 2. The number of carbonyl (C=O) groups is 2. The van der Waals surface area contributed by atoms with Gasteiger partial charge in [-0.25, -0.2) is 4.79 Å². The van der Waals surface area contributed by atoms with Crippen molar-refractivity contribution in [2.45, 2.75) is 4.90 Å². The van der Waals surface area contributed by atoms with Gasteiger partial charge in [-0.3, -0.25) is 4.79 Å². The molecule has 1 aliphatic heterocycles. The monoisotopic (exact) mass is 406 g/mol. The van der Waals surface area contributed by atoms with Crippen LogP contribution in [0.25, 0.3) is 6.08 Å². The molecule has 0 amide bonds. The lowest BCUT2D eigenvalue weighted by molar-refractivity contribution is -0.141. The summed E-state index contributed by atoms with van der Waals surface area (Å²) in [7, 11) is 3.35. The van der Waals surface area contributed by atoms with Crippen molar-refractivity contribution in [1.29, 1.82) is 5.26 Å². The van der Waals surface area contributed by atoms with Crippen molar-refractivity contribution < 1.29 is 19.1 Å². The molecule has 1 heterocycles. The van der Waals surface area contributed by atoms with Gasteiger partial charge in [0.05, 0.1) is 12.8 Å². The Bertz CT molecular complexity index is 1050. The molecule has 0 spiro atoms. The Hall–Kier alpha value is -3.50. The van der Waals surface area contributed by atoms with Gasteiger partial charge in [-0.05, 0) is 35.9 Å². The molecule has 2 aromatic carbocycles. The molecule has 7 heteroatoms. The number of esters is 1. The van der Waals surface area contributed by atoms with Crippen LogP contribution in [-0.2, 0) is 14.3 Å². The lowest BCUT2D eigenvalue weighted by Crippen LogP contribution is -2.19. The second-order valence-corrected chi connectivity index (χ2v) is 7.09. The topological polar surface area (TPSA) is 79.6 Å².